The third kappa shape index (κ3) is 5.14. The van der Waals surface area contributed by atoms with Gasteiger partial charge in [0, 0.05) is 17.8 Å². The summed E-state index contributed by atoms with van der Waals surface area (Å²) in [4.78, 5) is 22.4. The smallest absolute Gasteiger partial charge is 0.328 e. The van der Waals surface area contributed by atoms with E-state index in [1.807, 2.05) is 0 Å². The number of carboxylic acids is 1. The van der Waals surface area contributed by atoms with Crippen LogP contribution in [0.4, 0.5) is 10.5 Å². The van der Waals surface area contributed by atoms with Gasteiger partial charge in [0.05, 0.1) is 0 Å². The van der Waals surface area contributed by atoms with Gasteiger partial charge in [-0.25, -0.2) is 9.59 Å². The van der Waals surface area contributed by atoms with Crippen LogP contribution in [0.5, 0.6) is 0 Å². The summed E-state index contributed by atoms with van der Waals surface area (Å²) in [6, 6.07) is 6.95. The van der Waals surface area contributed by atoms with Gasteiger partial charge in [-0.05, 0) is 43.0 Å². The van der Waals surface area contributed by atoms with Gasteiger partial charge in [-0.2, -0.15) is 0 Å². The van der Waals surface area contributed by atoms with Crippen LogP contribution in [0.1, 0.15) is 24.8 Å². The van der Waals surface area contributed by atoms with Gasteiger partial charge in [-0.1, -0.05) is 24.3 Å². The molecule has 1 atom stereocenters. The number of rotatable bonds is 4. The minimum absolute atomic E-state index is 0.171. The molecule has 0 saturated carbocycles. The van der Waals surface area contributed by atoms with Gasteiger partial charge >= 0.3 is 12.0 Å². The van der Waals surface area contributed by atoms with E-state index in [9.17, 15) is 9.59 Å². The van der Waals surface area contributed by atoms with Crippen LogP contribution in [-0.4, -0.2) is 23.1 Å². The van der Waals surface area contributed by atoms with Crippen LogP contribution < -0.4 is 10.6 Å². The fraction of sp³-hybridized carbons (Fsp3) is 0.250. The number of carboxylic acid groups (broad SMARTS) is 1. The molecular formula is C16H18N2O3. The number of carbonyl (C=O) groups is 2. The Morgan fingerprint density at radius 3 is 2.86 bits per heavy atom. The number of benzene rings is 1. The highest BCUT2D eigenvalue weighted by Crippen LogP contribution is 2.13. The predicted octanol–water partition coefficient (Wildman–Crippen LogP) is 3.01. The number of amides is 2. The van der Waals surface area contributed by atoms with Crippen LogP contribution in [0.15, 0.2) is 42.5 Å². The number of anilines is 1. The Bertz CT molecular complexity index is 579. The molecule has 1 aliphatic carbocycles. The van der Waals surface area contributed by atoms with Gasteiger partial charge in [0.15, 0.2) is 0 Å². The number of nitrogens with one attached hydrogen (secondary N) is 2. The van der Waals surface area contributed by atoms with E-state index in [4.69, 9.17) is 5.11 Å². The molecule has 1 aromatic carbocycles. The third-order valence-corrected chi connectivity index (χ3v) is 3.17. The number of allylic oxidation sites excluding steroid dienone is 1. The molecule has 0 fully saturated rings. The van der Waals surface area contributed by atoms with Crippen LogP contribution in [0, 0.1) is 0 Å². The molecule has 0 heterocycles. The zero-order valence-corrected chi connectivity index (χ0v) is 11.6. The predicted molar refractivity (Wildman–Crippen MR) is 82.0 cm³/mol. The van der Waals surface area contributed by atoms with E-state index in [0.29, 0.717) is 5.69 Å². The molecule has 1 aromatic rings. The van der Waals surface area contributed by atoms with Gasteiger partial charge in [0.2, 0.25) is 0 Å². The lowest BCUT2D eigenvalue weighted by Gasteiger charge is -2.19. The van der Waals surface area contributed by atoms with E-state index in [1.165, 1.54) is 6.08 Å². The molecule has 0 aromatic heterocycles. The first-order chi connectivity index (χ1) is 10.1. The van der Waals surface area contributed by atoms with Crippen LogP contribution in [0.3, 0.4) is 0 Å². The van der Waals surface area contributed by atoms with Crippen molar-refractivity contribution >= 4 is 23.8 Å². The summed E-state index contributed by atoms with van der Waals surface area (Å²) < 4.78 is 0. The molecule has 3 N–H and O–H groups in total. The van der Waals surface area contributed by atoms with Crippen LogP contribution in [0.25, 0.3) is 6.08 Å². The van der Waals surface area contributed by atoms with Gasteiger partial charge in [-0.3, -0.25) is 0 Å². The molecule has 21 heavy (non-hydrogen) atoms. The maximum Gasteiger partial charge on any atom is 0.328 e. The lowest BCUT2D eigenvalue weighted by atomic mass is 10.0. The van der Waals surface area contributed by atoms with E-state index in [0.717, 1.165) is 30.9 Å². The molecule has 0 saturated heterocycles. The Kier molecular flexibility index (Phi) is 5.15. The van der Waals surface area contributed by atoms with E-state index in [-0.39, 0.29) is 12.1 Å². The second-order valence-corrected chi connectivity index (χ2v) is 4.88. The zero-order chi connectivity index (χ0) is 15.1. The van der Waals surface area contributed by atoms with E-state index in [2.05, 4.69) is 22.8 Å². The second-order valence-electron chi connectivity index (χ2n) is 4.88. The minimum atomic E-state index is -1.00. The molecule has 110 valence electrons. The molecule has 5 heteroatoms. The maximum absolute atomic E-state index is 11.9. The maximum atomic E-state index is 11.9. The summed E-state index contributed by atoms with van der Waals surface area (Å²) in [7, 11) is 0. The van der Waals surface area contributed by atoms with Crippen LogP contribution >= 0.6 is 0 Å². The highest BCUT2D eigenvalue weighted by Gasteiger charge is 2.12. The molecular weight excluding hydrogens is 268 g/mol. The molecule has 1 unspecified atom stereocenters. The Balaban J connectivity index is 1.92. The molecule has 0 aliphatic heterocycles. The van der Waals surface area contributed by atoms with Crippen molar-refractivity contribution in [3.05, 3.63) is 48.1 Å². The van der Waals surface area contributed by atoms with Crippen molar-refractivity contribution in [3.8, 4) is 0 Å². The normalized spacial score (nSPS) is 17.6. The Morgan fingerprint density at radius 2 is 2.14 bits per heavy atom. The zero-order valence-electron chi connectivity index (χ0n) is 11.6. The average Bonchev–Trinajstić information content (AvgIpc) is 2.46. The Labute approximate surface area is 123 Å². The monoisotopic (exact) mass is 286 g/mol. The molecule has 0 radical (unpaired) electrons. The Hall–Kier alpha value is -2.56. The van der Waals surface area contributed by atoms with Crippen molar-refractivity contribution in [2.75, 3.05) is 5.32 Å². The Morgan fingerprint density at radius 1 is 1.29 bits per heavy atom. The van der Waals surface area contributed by atoms with Crippen LogP contribution in [-0.2, 0) is 4.79 Å². The van der Waals surface area contributed by atoms with E-state index < -0.39 is 5.97 Å². The summed E-state index contributed by atoms with van der Waals surface area (Å²) in [6.07, 6.45) is 9.53. The summed E-state index contributed by atoms with van der Waals surface area (Å²) >= 11 is 0. The molecule has 2 amide bonds. The molecule has 0 bridgehead atoms. The fourth-order valence-electron chi connectivity index (χ4n) is 2.16. The van der Waals surface area contributed by atoms with Crippen molar-refractivity contribution in [1.82, 2.24) is 5.32 Å². The summed E-state index contributed by atoms with van der Waals surface area (Å²) in [6.45, 7) is 0. The number of urea groups is 1. The van der Waals surface area contributed by atoms with Crippen molar-refractivity contribution in [2.24, 2.45) is 0 Å². The third-order valence-electron chi connectivity index (χ3n) is 3.17. The van der Waals surface area contributed by atoms with E-state index >= 15 is 0 Å². The minimum Gasteiger partial charge on any atom is -0.478 e. The van der Waals surface area contributed by atoms with Gasteiger partial charge in [0.25, 0.3) is 0 Å². The van der Waals surface area contributed by atoms with Crippen molar-refractivity contribution in [2.45, 2.75) is 25.3 Å². The highest BCUT2D eigenvalue weighted by molar-refractivity contribution is 5.90. The highest BCUT2D eigenvalue weighted by atomic mass is 16.4. The fourth-order valence-corrected chi connectivity index (χ4v) is 2.16. The summed E-state index contributed by atoms with van der Waals surface area (Å²) in [5.74, 6) is -1.00. The average molecular weight is 286 g/mol. The first kappa shape index (κ1) is 14.8. The molecule has 2 rings (SSSR count). The first-order valence-corrected chi connectivity index (χ1v) is 6.87. The van der Waals surface area contributed by atoms with Gasteiger partial charge < -0.3 is 15.7 Å². The number of carbonyl (C=O) groups excluding carboxylic acids is 1. The lowest BCUT2D eigenvalue weighted by Crippen LogP contribution is -2.38. The van der Waals surface area contributed by atoms with Crippen molar-refractivity contribution in [1.29, 1.82) is 0 Å². The second kappa shape index (κ2) is 7.28. The molecule has 1 aliphatic rings. The number of hydrogen-bond donors (Lipinski definition) is 3. The quantitative estimate of drug-likeness (QED) is 0.588. The van der Waals surface area contributed by atoms with Crippen LogP contribution in [0.2, 0.25) is 0 Å². The standard InChI is InChI=1S/C16H18N2O3/c19-15(20)10-9-12-5-4-8-14(11-12)18-16(21)17-13-6-2-1-3-7-13/h1-2,4-5,8-11,13H,3,6-7H2,(H,19,20)(H2,17,18,21)/b10-9+. The number of hydrogen-bond acceptors (Lipinski definition) is 2. The summed E-state index contributed by atoms with van der Waals surface area (Å²) in [5, 5.41) is 14.3. The topological polar surface area (TPSA) is 78.4 Å². The summed E-state index contributed by atoms with van der Waals surface area (Å²) in [5.41, 5.74) is 1.35. The van der Waals surface area contributed by atoms with Gasteiger partial charge in [-0.15, -0.1) is 0 Å². The van der Waals surface area contributed by atoms with E-state index in [1.54, 1.807) is 24.3 Å². The van der Waals surface area contributed by atoms with Crippen molar-refractivity contribution < 1.29 is 14.7 Å². The molecule has 0 spiro atoms. The van der Waals surface area contributed by atoms with Crippen molar-refractivity contribution in [3.63, 3.8) is 0 Å². The largest absolute Gasteiger partial charge is 0.478 e. The SMILES string of the molecule is O=C(O)/C=C/c1cccc(NC(=O)NC2CC=CCC2)c1. The molecule has 5 nitrogen and oxygen atoms in total. The first-order valence-electron chi connectivity index (χ1n) is 6.87. The lowest BCUT2D eigenvalue weighted by molar-refractivity contribution is -0.131. The van der Waals surface area contributed by atoms with Gasteiger partial charge in [0.1, 0.15) is 0 Å². The number of aliphatic carboxylic acids is 1.